The molecule has 0 bridgehead atoms. The predicted octanol–water partition coefficient (Wildman–Crippen LogP) is 2.07. The van der Waals surface area contributed by atoms with Crippen LogP contribution in [0.4, 0.5) is 0 Å². The summed E-state index contributed by atoms with van der Waals surface area (Å²) in [6.07, 6.45) is 0. The van der Waals surface area contributed by atoms with Crippen LogP contribution in [-0.4, -0.2) is 12.3 Å². The Kier molecular flexibility index (Phi) is 4.64. The predicted molar refractivity (Wildman–Crippen MR) is 68.9 cm³/mol. The van der Waals surface area contributed by atoms with E-state index in [1.807, 2.05) is 25.6 Å². The van der Waals surface area contributed by atoms with E-state index in [2.05, 4.69) is 24.3 Å². The molecule has 0 heterocycles. The van der Waals surface area contributed by atoms with Gasteiger partial charge in [-0.1, -0.05) is 24.3 Å². The molecular formula is C12H20N2S. The standard InChI is InChI=1S/C12H20N2S/c1-12(2,14)11-5-3-10(4-6-11)9-15-8-7-13/h3-6H,7-9,13-14H2,1-2H3. The maximum absolute atomic E-state index is 6.01. The third-order valence-corrected chi connectivity index (χ3v) is 3.29. The minimum atomic E-state index is -0.247. The van der Waals surface area contributed by atoms with Gasteiger partial charge < -0.3 is 11.5 Å². The van der Waals surface area contributed by atoms with E-state index in [4.69, 9.17) is 11.5 Å². The fourth-order valence-corrected chi connectivity index (χ4v) is 2.04. The Morgan fingerprint density at radius 2 is 1.80 bits per heavy atom. The van der Waals surface area contributed by atoms with Crippen molar-refractivity contribution in [1.29, 1.82) is 0 Å². The molecule has 0 atom stereocenters. The van der Waals surface area contributed by atoms with Gasteiger partial charge in [0.15, 0.2) is 0 Å². The molecule has 84 valence electrons. The zero-order chi connectivity index (χ0) is 11.3. The van der Waals surface area contributed by atoms with Gasteiger partial charge in [-0.3, -0.25) is 0 Å². The molecule has 0 fully saturated rings. The van der Waals surface area contributed by atoms with Crippen LogP contribution in [0.3, 0.4) is 0 Å². The number of hydrogen-bond donors (Lipinski definition) is 2. The maximum atomic E-state index is 6.01. The van der Waals surface area contributed by atoms with Gasteiger partial charge in [0.2, 0.25) is 0 Å². The lowest BCUT2D eigenvalue weighted by atomic mass is 9.95. The lowest BCUT2D eigenvalue weighted by molar-refractivity contribution is 0.554. The van der Waals surface area contributed by atoms with Gasteiger partial charge in [-0.2, -0.15) is 11.8 Å². The molecule has 15 heavy (non-hydrogen) atoms. The lowest BCUT2D eigenvalue weighted by Gasteiger charge is -2.19. The normalized spacial score (nSPS) is 11.7. The van der Waals surface area contributed by atoms with E-state index in [1.165, 1.54) is 11.1 Å². The topological polar surface area (TPSA) is 52.0 Å². The largest absolute Gasteiger partial charge is 0.330 e. The fourth-order valence-electron chi connectivity index (χ4n) is 1.30. The molecule has 0 saturated carbocycles. The summed E-state index contributed by atoms with van der Waals surface area (Å²) in [5, 5.41) is 0. The summed E-state index contributed by atoms with van der Waals surface area (Å²) in [7, 11) is 0. The zero-order valence-corrected chi connectivity index (χ0v) is 10.3. The highest BCUT2D eigenvalue weighted by molar-refractivity contribution is 7.98. The highest BCUT2D eigenvalue weighted by Gasteiger charge is 2.12. The van der Waals surface area contributed by atoms with Crippen molar-refractivity contribution in [3.63, 3.8) is 0 Å². The van der Waals surface area contributed by atoms with Crippen molar-refractivity contribution in [3.8, 4) is 0 Å². The second-order valence-corrected chi connectivity index (χ2v) is 5.37. The Balaban J connectivity index is 2.57. The van der Waals surface area contributed by atoms with Crippen LogP contribution in [0.25, 0.3) is 0 Å². The van der Waals surface area contributed by atoms with Gasteiger partial charge >= 0.3 is 0 Å². The van der Waals surface area contributed by atoms with E-state index in [-0.39, 0.29) is 5.54 Å². The number of rotatable bonds is 5. The minimum Gasteiger partial charge on any atom is -0.330 e. The van der Waals surface area contributed by atoms with E-state index in [0.29, 0.717) is 0 Å². The van der Waals surface area contributed by atoms with E-state index >= 15 is 0 Å². The van der Waals surface area contributed by atoms with Gasteiger partial charge in [0, 0.05) is 23.6 Å². The average molecular weight is 224 g/mol. The first-order valence-corrected chi connectivity index (χ1v) is 6.35. The number of hydrogen-bond acceptors (Lipinski definition) is 3. The Hall–Kier alpha value is -0.510. The van der Waals surface area contributed by atoms with E-state index in [0.717, 1.165) is 18.1 Å². The summed E-state index contributed by atoms with van der Waals surface area (Å²) in [4.78, 5) is 0. The highest BCUT2D eigenvalue weighted by atomic mass is 32.2. The molecule has 0 aromatic heterocycles. The fraction of sp³-hybridized carbons (Fsp3) is 0.500. The second kappa shape index (κ2) is 5.54. The first kappa shape index (κ1) is 12.6. The smallest absolute Gasteiger partial charge is 0.0352 e. The SMILES string of the molecule is CC(C)(N)c1ccc(CSCCN)cc1. The van der Waals surface area contributed by atoms with Gasteiger partial charge in [-0.15, -0.1) is 0 Å². The van der Waals surface area contributed by atoms with Gasteiger partial charge in [0.25, 0.3) is 0 Å². The molecule has 0 aliphatic heterocycles. The van der Waals surface area contributed by atoms with Crippen LogP contribution in [0, 0.1) is 0 Å². The van der Waals surface area contributed by atoms with Crippen molar-refractivity contribution in [2.24, 2.45) is 11.5 Å². The van der Waals surface area contributed by atoms with Crippen LogP contribution in [-0.2, 0) is 11.3 Å². The molecular weight excluding hydrogens is 204 g/mol. The van der Waals surface area contributed by atoms with Crippen LogP contribution in [0.1, 0.15) is 25.0 Å². The molecule has 3 heteroatoms. The quantitative estimate of drug-likeness (QED) is 0.753. The van der Waals surface area contributed by atoms with Crippen LogP contribution in [0.2, 0.25) is 0 Å². The summed E-state index contributed by atoms with van der Waals surface area (Å²) in [5.41, 5.74) is 13.7. The van der Waals surface area contributed by atoms with E-state index in [9.17, 15) is 0 Å². The number of benzene rings is 1. The molecule has 4 N–H and O–H groups in total. The van der Waals surface area contributed by atoms with Crippen LogP contribution >= 0.6 is 11.8 Å². The Bertz CT molecular complexity index is 287. The van der Waals surface area contributed by atoms with Crippen LogP contribution < -0.4 is 11.5 Å². The minimum absolute atomic E-state index is 0.247. The maximum Gasteiger partial charge on any atom is 0.0352 e. The Labute approximate surface area is 96.4 Å². The molecule has 0 radical (unpaired) electrons. The third-order valence-electron chi connectivity index (χ3n) is 2.23. The first-order chi connectivity index (χ1) is 7.04. The second-order valence-electron chi connectivity index (χ2n) is 4.26. The molecule has 0 aliphatic rings. The van der Waals surface area contributed by atoms with E-state index in [1.54, 1.807) is 0 Å². The monoisotopic (exact) mass is 224 g/mol. The van der Waals surface area contributed by atoms with Crippen molar-refractivity contribution in [2.45, 2.75) is 25.1 Å². The molecule has 1 rings (SSSR count). The molecule has 2 nitrogen and oxygen atoms in total. The summed E-state index contributed by atoms with van der Waals surface area (Å²) < 4.78 is 0. The third kappa shape index (κ3) is 4.24. The number of nitrogens with two attached hydrogens (primary N) is 2. The van der Waals surface area contributed by atoms with Crippen molar-refractivity contribution in [3.05, 3.63) is 35.4 Å². The van der Waals surface area contributed by atoms with Crippen LogP contribution in [0.15, 0.2) is 24.3 Å². The summed E-state index contributed by atoms with van der Waals surface area (Å²) in [6, 6.07) is 8.51. The molecule has 1 aromatic carbocycles. The van der Waals surface area contributed by atoms with Crippen LogP contribution in [0.5, 0.6) is 0 Å². The summed E-state index contributed by atoms with van der Waals surface area (Å²) in [6.45, 7) is 4.79. The summed E-state index contributed by atoms with van der Waals surface area (Å²) >= 11 is 1.86. The molecule has 1 aromatic rings. The van der Waals surface area contributed by atoms with Crippen molar-refractivity contribution >= 4 is 11.8 Å². The Morgan fingerprint density at radius 1 is 1.20 bits per heavy atom. The molecule has 0 spiro atoms. The van der Waals surface area contributed by atoms with Crippen molar-refractivity contribution in [1.82, 2.24) is 0 Å². The van der Waals surface area contributed by atoms with Gasteiger partial charge in [-0.05, 0) is 25.0 Å². The summed E-state index contributed by atoms with van der Waals surface area (Å²) in [5.74, 6) is 2.05. The average Bonchev–Trinajstić information content (AvgIpc) is 2.18. The Morgan fingerprint density at radius 3 is 2.27 bits per heavy atom. The van der Waals surface area contributed by atoms with Gasteiger partial charge in [-0.25, -0.2) is 0 Å². The highest BCUT2D eigenvalue weighted by Crippen LogP contribution is 2.19. The molecule has 0 unspecified atom stereocenters. The van der Waals surface area contributed by atoms with Crippen molar-refractivity contribution < 1.29 is 0 Å². The molecule has 0 aliphatic carbocycles. The van der Waals surface area contributed by atoms with Gasteiger partial charge in [0.05, 0.1) is 0 Å². The zero-order valence-electron chi connectivity index (χ0n) is 9.49. The molecule has 0 saturated heterocycles. The first-order valence-electron chi connectivity index (χ1n) is 5.20. The van der Waals surface area contributed by atoms with Gasteiger partial charge in [0.1, 0.15) is 0 Å². The van der Waals surface area contributed by atoms with Crippen molar-refractivity contribution in [2.75, 3.05) is 12.3 Å². The van der Waals surface area contributed by atoms with E-state index < -0.39 is 0 Å². The molecule has 0 amide bonds. The number of thioether (sulfide) groups is 1. The lowest BCUT2D eigenvalue weighted by Crippen LogP contribution is -2.28.